The Bertz CT molecular complexity index is 1090. The number of fused-ring (bicyclic) bond motifs is 1. The van der Waals surface area contributed by atoms with Crippen LogP contribution in [0.4, 0.5) is 0 Å². The van der Waals surface area contributed by atoms with Gasteiger partial charge in [0.25, 0.3) is 0 Å². The lowest BCUT2D eigenvalue weighted by molar-refractivity contribution is 0.144. The standard InChI is InChI=1S/C20H27N5O2S2/c1-22-19(16-5-6-16)21-25(20(22)28)14-23-9-11-24(12-10-23)29(26,27)18-8-7-15-3-2-4-17(15)13-18/h7-8,13,16H,2-6,9-12,14H2,1H3. The van der Waals surface area contributed by atoms with Gasteiger partial charge < -0.3 is 4.57 Å². The number of piperazine rings is 1. The molecule has 2 aliphatic carbocycles. The molecule has 0 unspecified atom stereocenters. The molecule has 9 heteroatoms. The van der Waals surface area contributed by atoms with Gasteiger partial charge >= 0.3 is 0 Å². The third-order valence-electron chi connectivity index (χ3n) is 6.39. The molecule has 29 heavy (non-hydrogen) atoms. The summed E-state index contributed by atoms with van der Waals surface area (Å²) < 4.78 is 32.5. The molecule has 1 saturated heterocycles. The first-order valence-corrected chi connectivity index (χ1v) is 12.3. The fraction of sp³-hybridized carbons (Fsp3) is 0.600. The van der Waals surface area contributed by atoms with E-state index in [2.05, 4.69) is 4.90 Å². The fourth-order valence-electron chi connectivity index (χ4n) is 4.45. The highest BCUT2D eigenvalue weighted by molar-refractivity contribution is 7.89. The van der Waals surface area contributed by atoms with E-state index in [1.54, 1.807) is 10.4 Å². The Morgan fingerprint density at radius 3 is 2.55 bits per heavy atom. The van der Waals surface area contributed by atoms with Crippen molar-refractivity contribution in [1.82, 2.24) is 23.6 Å². The second-order valence-corrected chi connectivity index (χ2v) is 10.7. The predicted molar refractivity (Wildman–Crippen MR) is 113 cm³/mol. The fourth-order valence-corrected chi connectivity index (χ4v) is 6.12. The molecule has 2 fully saturated rings. The van der Waals surface area contributed by atoms with Crippen LogP contribution in [-0.2, 0) is 36.6 Å². The van der Waals surface area contributed by atoms with Gasteiger partial charge in [-0.05, 0) is 67.6 Å². The summed E-state index contributed by atoms with van der Waals surface area (Å²) in [5, 5.41) is 4.72. The number of nitrogens with zero attached hydrogens (tertiary/aromatic N) is 5. The molecule has 1 aromatic carbocycles. The van der Waals surface area contributed by atoms with Crippen LogP contribution in [0.1, 0.15) is 42.1 Å². The van der Waals surface area contributed by atoms with E-state index < -0.39 is 10.0 Å². The summed E-state index contributed by atoms with van der Waals surface area (Å²) in [5.41, 5.74) is 2.49. The summed E-state index contributed by atoms with van der Waals surface area (Å²) in [7, 11) is -1.45. The molecular weight excluding hydrogens is 406 g/mol. The smallest absolute Gasteiger partial charge is 0.243 e. The van der Waals surface area contributed by atoms with Crippen LogP contribution < -0.4 is 0 Å². The number of aromatic nitrogens is 3. The molecule has 3 aliphatic rings. The van der Waals surface area contributed by atoms with Gasteiger partial charge in [0, 0.05) is 39.1 Å². The molecular formula is C20H27N5O2S2. The number of aryl methyl sites for hydroxylation is 2. The maximum Gasteiger partial charge on any atom is 0.243 e. The van der Waals surface area contributed by atoms with E-state index in [-0.39, 0.29) is 0 Å². The van der Waals surface area contributed by atoms with Crippen LogP contribution in [0.3, 0.4) is 0 Å². The van der Waals surface area contributed by atoms with Crippen molar-refractivity contribution in [2.75, 3.05) is 26.2 Å². The number of benzene rings is 1. The summed E-state index contributed by atoms with van der Waals surface area (Å²) in [5.74, 6) is 1.63. The summed E-state index contributed by atoms with van der Waals surface area (Å²) in [6, 6.07) is 5.65. The van der Waals surface area contributed by atoms with Crippen molar-refractivity contribution in [2.45, 2.75) is 49.6 Å². The van der Waals surface area contributed by atoms with Crippen LogP contribution in [0.15, 0.2) is 23.1 Å². The molecule has 7 nitrogen and oxygen atoms in total. The van der Waals surface area contributed by atoms with E-state index in [1.165, 1.54) is 24.0 Å². The van der Waals surface area contributed by atoms with Gasteiger partial charge in [-0.3, -0.25) is 4.90 Å². The van der Waals surface area contributed by atoms with Crippen LogP contribution in [0.2, 0.25) is 0 Å². The average molecular weight is 434 g/mol. The van der Waals surface area contributed by atoms with Crippen molar-refractivity contribution in [2.24, 2.45) is 7.05 Å². The van der Waals surface area contributed by atoms with E-state index in [1.807, 2.05) is 28.4 Å². The first-order valence-electron chi connectivity index (χ1n) is 10.4. The molecule has 0 amide bonds. The van der Waals surface area contributed by atoms with Crippen molar-refractivity contribution in [3.63, 3.8) is 0 Å². The molecule has 0 radical (unpaired) electrons. The Morgan fingerprint density at radius 2 is 1.83 bits per heavy atom. The molecule has 5 rings (SSSR count). The maximum atomic E-state index is 13.1. The molecule has 156 valence electrons. The van der Waals surface area contributed by atoms with Gasteiger partial charge in [-0.2, -0.15) is 9.40 Å². The molecule has 2 heterocycles. The molecule has 1 saturated carbocycles. The number of hydrogen-bond donors (Lipinski definition) is 0. The zero-order valence-corrected chi connectivity index (χ0v) is 18.4. The zero-order chi connectivity index (χ0) is 20.2. The SMILES string of the molecule is Cn1c(C2CC2)nn(CN2CCN(S(=O)(=O)c3ccc4c(c3)CCC4)CC2)c1=S. The molecule has 1 aliphatic heterocycles. The third kappa shape index (κ3) is 3.58. The van der Waals surface area contributed by atoms with Crippen LogP contribution in [0.25, 0.3) is 0 Å². The van der Waals surface area contributed by atoms with Gasteiger partial charge in [0.1, 0.15) is 5.82 Å². The van der Waals surface area contributed by atoms with Gasteiger partial charge in [-0.1, -0.05) is 6.07 Å². The van der Waals surface area contributed by atoms with Crippen LogP contribution in [0, 0.1) is 4.77 Å². The Labute approximate surface area is 177 Å². The highest BCUT2D eigenvalue weighted by atomic mass is 32.2. The molecule has 0 bridgehead atoms. The zero-order valence-electron chi connectivity index (χ0n) is 16.7. The van der Waals surface area contributed by atoms with E-state index in [9.17, 15) is 8.42 Å². The minimum atomic E-state index is -3.43. The summed E-state index contributed by atoms with van der Waals surface area (Å²) >= 11 is 5.55. The Kier molecular flexibility index (Phi) is 4.89. The second-order valence-electron chi connectivity index (χ2n) is 8.42. The monoisotopic (exact) mass is 433 g/mol. The first-order chi connectivity index (χ1) is 13.9. The third-order valence-corrected chi connectivity index (χ3v) is 8.77. The van der Waals surface area contributed by atoms with Crippen molar-refractivity contribution in [3.05, 3.63) is 39.9 Å². The molecule has 0 spiro atoms. The summed E-state index contributed by atoms with van der Waals surface area (Å²) in [6.07, 6.45) is 5.56. The van der Waals surface area contributed by atoms with Crippen LogP contribution >= 0.6 is 12.2 Å². The highest BCUT2D eigenvalue weighted by Crippen LogP contribution is 2.38. The lowest BCUT2D eigenvalue weighted by Gasteiger charge is -2.33. The quantitative estimate of drug-likeness (QED) is 0.677. The lowest BCUT2D eigenvalue weighted by Crippen LogP contribution is -2.49. The van der Waals surface area contributed by atoms with Gasteiger partial charge in [0.05, 0.1) is 11.6 Å². The van der Waals surface area contributed by atoms with Gasteiger partial charge in [-0.15, -0.1) is 0 Å². The average Bonchev–Trinajstić information content (AvgIpc) is 3.39. The Morgan fingerprint density at radius 1 is 1.10 bits per heavy atom. The summed E-state index contributed by atoms with van der Waals surface area (Å²) in [4.78, 5) is 2.67. The summed E-state index contributed by atoms with van der Waals surface area (Å²) in [6.45, 7) is 2.97. The highest BCUT2D eigenvalue weighted by Gasteiger charge is 2.31. The first kappa shape index (κ1) is 19.4. The number of hydrogen-bond acceptors (Lipinski definition) is 5. The number of sulfonamides is 1. The lowest BCUT2D eigenvalue weighted by atomic mass is 10.1. The molecule has 2 aromatic rings. The van der Waals surface area contributed by atoms with Crippen molar-refractivity contribution in [3.8, 4) is 0 Å². The topological polar surface area (TPSA) is 63.4 Å². The van der Waals surface area contributed by atoms with Crippen LogP contribution in [0.5, 0.6) is 0 Å². The van der Waals surface area contributed by atoms with Crippen molar-refractivity contribution in [1.29, 1.82) is 0 Å². The molecule has 0 atom stereocenters. The van der Waals surface area contributed by atoms with E-state index >= 15 is 0 Å². The largest absolute Gasteiger partial charge is 0.307 e. The van der Waals surface area contributed by atoms with Gasteiger partial charge in [0.15, 0.2) is 4.77 Å². The van der Waals surface area contributed by atoms with Crippen molar-refractivity contribution < 1.29 is 8.42 Å². The van der Waals surface area contributed by atoms with Crippen molar-refractivity contribution >= 4 is 22.2 Å². The van der Waals surface area contributed by atoms with Gasteiger partial charge in [0.2, 0.25) is 10.0 Å². The minimum absolute atomic E-state index is 0.438. The van der Waals surface area contributed by atoms with E-state index in [0.29, 0.717) is 43.7 Å². The van der Waals surface area contributed by atoms with Crippen LogP contribution in [-0.4, -0.2) is 58.1 Å². The normalized spacial score (nSPS) is 20.9. The molecule has 1 aromatic heterocycles. The maximum absolute atomic E-state index is 13.1. The Hall–Kier alpha value is -1.55. The van der Waals surface area contributed by atoms with Gasteiger partial charge in [-0.25, -0.2) is 13.1 Å². The van der Waals surface area contributed by atoms with E-state index in [4.69, 9.17) is 17.3 Å². The second kappa shape index (κ2) is 7.30. The Balaban J connectivity index is 1.26. The number of rotatable bonds is 5. The molecule has 0 N–H and O–H groups in total. The van der Waals surface area contributed by atoms with E-state index in [0.717, 1.165) is 29.9 Å². The predicted octanol–water partition coefficient (Wildman–Crippen LogP) is 2.28. The minimum Gasteiger partial charge on any atom is -0.307 e.